The third kappa shape index (κ3) is 16.2. The molecule has 0 saturated carbocycles. The Balaban J connectivity index is -0.00000264. The molecule has 0 amide bonds. The molecular formula is C18H37NaO6. The molecule has 0 aliphatic heterocycles. The summed E-state index contributed by atoms with van der Waals surface area (Å²) in [6, 6.07) is 0. The number of hydrogen-bond acceptors (Lipinski definition) is 5. The van der Waals surface area contributed by atoms with Crippen LogP contribution in [0.4, 0.5) is 0 Å². The fraction of sp³-hybridized carbons (Fsp3) is 0.944. The first-order valence-electron chi connectivity index (χ1n) is 9.38. The molecule has 0 saturated heterocycles. The molecule has 146 valence electrons. The van der Waals surface area contributed by atoms with Crippen molar-refractivity contribution in [2.24, 2.45) is 0 Å². The summed E-state index contributed by atoms with van der Waals surface area (Å²) in [5, 5.41) is 45.5. The van der Waals surface area contributed by atoms with Crippen molar-refractivity contribution < 1.29 is 61.3 Å². The maximum atomic E-state index is 10.5. The zero-order valence-electron chi connectivity index (χ0n) is 16.8. The Hall–Kier alpha value is 0.310. The molecule has 0 aromatic heterocycles. The van der Waals surface area contributed by atoms with Crippen LogP contribution in [-0.2, 0) is 4.79 Å². The van der Waals surface area contributed by atoms with E-state index in [0.717, 1.165) is 38.5 Å². The van der Waals surface area contributed by atoms with E-state index in [4.69, 9.17) is 15.3 Å². The monoisotopic (exact) mass is 372 g/mol. The Labute approximate surface area is 175 Å². The first kappa shape index (κ1) is 27.5. The van der Waals surface area contributed by atoms with Crippen molar-refractivity contribution in [3.8, 4) is 0 Å². The molecule has 0 aliphatic carbocycles. The SMILES string of the molecule is O=C(O)C(O)C(O)C(O)CCCCCCCCCCCCCCO.[H-].[Na+]. The van der Waals surface area contributed by atoms with Crippen molar-refractivity contribution in [2.75, 3.05) is 6.61 Å². The third-order valence-electron chi connectivity index (χ3n) is 4.38. The van der Waals surface area contributed by atoms with Crippen LogP contribution in [0.25, 0.3) is 0 Å². The maximum absolute atomic E-state index is 10.5. The molecule has 0 spiro atoms. The molecule has 3 unspecified atom stereocenters. The minimum Gasteiger partial charge on any atom is -1.00 e. The second-order valence-electron chi connectivity index (χ2n) is 6.60. The van der Waals surface area contributed by atoms with Gasteiger partial charge in [-0.25, -0.2) is 4.79 Å². The second-order valence-corrected chi connectivity index (χ2v) is 6.60. The standard InChI is InChI=1S/C18H36O6.Na.H/c19-14-12-10-8-6-4-2-1-3-5-7-9-11-13-15(20)16(21)17(22)18(23)24;;/h15-17,19-22H,1-14H2,(H,23,24);;/q;+1;-1. The van der Waals surface area contributed by atoms with E-state index in [-0.39, 0.29) is 31.0 Å². The number of aliphatic hydroxyl groups is 4. The molecule has 5 N–H and O–H groups in total. The number of aliphatic hydroxyl groups excluding tert-OH is 4. The van der Waals surface area contributed by atoms with Crippen LogP contribution in [0.2, 0.25) is 0 Å². The number of aliphatic carboxylic acids is 1. The summed E-state index contributed by atoms with van der Waals surface area (Å²) in [6.45, 7) is 0.302. The van der Waals surface area contributed by atoms with Gasteiger partial charge in [-0.15, -0.1) is 0 Å². The van der Waals surface area contributed by atoms with Crippen LogP contribution in [-0.4, -0.2) is 56.4 Å². The van der Waals surface area contributed by atoms with Crippen molar-refractivity contribution in [3.05, 3.63) is 0 Å². The summed E-state index contributed by atoms with van der Waals surface area (Å²) in [6.07, 6.45) is 8.93. The molecular weight excluding hydrogens is 335 g/mol. The largest absolute Gasteiger partial charge is 1.00 e. The number of hydrogen-bond donors (Lipinski definition) is 5. The molecule has 0 fully saturated rings. The summed E-state index contributed by atoms with van der Waals surface area (Å²) in [5.74, 6) is -1.52. The Morgan fingerprint density at radius 2 is 1.08 bits per heavy atom. The molecule has 0 heterocycles. The Bertz CT molecular complexity index is 309. The Kier molecular flexibility index (Phi) is 21.0. The van der Waals surface area contributed by atoms with Gasteiger partial charge in [0.25, 0.3) is 0 Å². The van der Waals surface area contributed by atoms with E-state index in [1.807, 2.05) is 0 Å². The van der Waals surface area contributed by atoms with Crippen LogP contribution < -0.4 is 29.6 Å². The zero-order chi connectivity index (χ0) is 18.2. The van der Waals surface area contributed by atoms with Gasteiger partial charge in [0.2, 0.25) is 0 Å². The van der Waals surface area contributed by atoms with Gasteiger partial charge in [-0.05, 0) is 12.8 Å². The first-order chi connectivity index (χ1) is 11.5. The summed E-state index contributed by atoms with van der Waals surface area (Å²) >= 11 is 0. The number of carboxylic acids is 1. The molecule has 6 nitrogen and oxygen atoms in total. The molecule has 0 radical (unpaired) electrons. The Morgan fingerprint density at radius 3 is 1.44 bits per heavy atom. The number of rotatable bonds is 17. The quantitative estimate of drug-likeness (QED) is 0.171. The molecule has 0 rings (SSSR count). The predicted molar refractivity (Wildman–Crippen MR) is 93.9 cm³/mol. The van der Waals surface area contributed by atoms with E-state index in [1.54, 1.807) is 0 Å². The zero-order valence-corrected chi connectivity index (χ0v) is 17.8. The van der Waals surface area contributed by atoms with Crippen LogP contribution in [0.15, 0.2) is 0 Å². The van der Waals surface area contributed by atoms with E-state index in [2.05, 4.69) is 0 Å². The van der Waals surface area contributed by atoms with Gasteiger partial charge in [0.05, 0.1) is 6.10 Å². The van der Waals surface area contributed by atoms with Gasteiger partial charge in [0.15, 0.2) is 6.10 Å². The van der Waals surface area contributed by atoms with E-state index >= 15 is 0 Å². The van der Waals surface area contributed by atoms with Gasteiger partial charge in [-0.2, -0.15) is 0 Å². The van der Waals surface area contributed by atoms with Gasteiger partial charge in [-0.1, -0.05) is 70.6 Å². The van der Waals surface area contributed by atoms with E-state index in [0.29, 0.717) is 13.0 Å². The van der Waals surface area contributed by atoms with E-state index < -0.39 is 24.3 Å². The number of carbonyl (C=O) groups is 1. The van der Waals surface area contributed by atoms with Gasteiger partial charge >= 0.3 is 35.5 Å². The number of unbranched alkanes of at least 4 members (excludes halogenated alkanes) is 11. The fourth-order valence-electron chi connectivity index (χ4n) is 2.76. The van der Waals surface area contributed by atoms with Crippen LogP contribution >= 0.6 is 0 Å². The maximum Gasteiger partial charge on any atom is 1.00 e. The minimum atomic E-state index is -1.93. The third-order valence-corrected chi connectivity index (χ3v) is 4.38. The molecule has 0 aromatic rings. The topological polar surface area (TPSA) is 118 Å². The summed E-state index contributed by atoms with van der Waals surface area (Å²) in [4.78, 5) is 10.5. The average molecular weight is 372 g/mol. The van der Waals surface area contributed by atoms with E-state index in [9.17, 15) is 15.0 Å². The average Bonchev–Trinajstić information content (AvgIpc) is 2.57. The van der Waals surface area contributed by atoms with Crippen LogP contribution in [0.3, 0.4) is 0 Å². The molecule has 0 aliphatic rings. The normalized spacial score (nSPS) is 14.6. The van der Waals surface area contributed by atoms with Crippen molar-refractivity contribution in [2.45, 2.75) is 102 Å². The molecule has 25 heavy (non-hydrogen) atoms. The predicted octanol–water partition coefficient (Wildman–Crippen LogP) is -0.666. The van der Waals surface area contributed by atoms with Crippen molar-refractivity contribution in [1.82, 2.24) is 0 Å². The van der Waals surface area contributed by atoms with Crippen molar-refractivity contribution in [1.29, 1.82) is 0 Å². The van der Waals surface area contributed by atoms with Gasteiger partial charge in [0.1, 0.15) is 6.10 Å². The summed E-state index contributed by atoms with van der Waals surface area (Å²) < 4.78 is 0. The fourth-order valence-corrected chi connectivity index (χ4v) is 2.76. The molecule has 7 heteroatoms. The van der Waals surface area contributed by atoms with Gasteiger partial charge in [0, 0.05) is 6.61 Å². The van der Waals surface area contributed by atoms with Crippen molar-refractivity contribution >= 4 is 5.97 Å². The van der Waals surface area contributed by atoms with Crippen molar-refractivity contribution in [3.63, 3.8) is 0 Å². The minimum absolute atomic E-state index is 0. The van der Waals surface area contributed by atoms with Crippen LogP contribution in [0.1, 0.15) is 84.9 Å². The molecule has 3 atom stereocenters. The second kappa shape index (κ2) is 19.1. The number of carboxylic acid groups (broad SMARTS) is 1. The van der Waals surface area contributed by atoms with Crippen LogP contribution in [0, 0.1) is 0 Å². The van der Waals surface area contributed by atoms with Crippen LogP contribution in [0.5, 0.6) is 0 Å². The molecule has 0 aromatic carbocycles. The Morgan fingerprint density at radius 1 is 0.720 bits per heavy atom. The summed E-state index contributed by atoms with van der Waals surface area (Å²) in [5.41, 5.74) is 0. The first-order valence-corrected chi connectivity index (χ1v) is 9.38. The summed E-state index contributed by atoms with van der Waals surface area (Å²) in [7, 11) is 0. The van der Waals surface area contributed by atoms with Gasteiger partial charge in [-0.3, -0.25) is 0 Å². The molecule has 0 bridgehead atoms. The smallest absolute Gasteiger partial charge is 1.00 e. The van der Waals surface area contributed by atoms with E-state index in [1.165, 1.54) is 38.5 Å². The van der Waals surface area contributed by atoms with Gasteiger partial charge < -0.3 is 27.0 Å².